The number of rotatable bonds is 5. The van der Waals surface area contributed by atoms with Crippen LogP contribution < -0.4 is 0 Å². The number of nitro benzene ring substituents is 1. The number of benzene rings is 1. The largest absolute Gasteiger partial charge is 0.269 e. The fourth-order valence-electron chi connectivity index (χ4n) is 0.908. The van der Waals surface area contributed by atoms with Crippen LogP contribution in [-0.4, -0.2) is 16.1 Å². The van der Waals surface area contributed by atoms with Gasteiger partial charge in [-0.15, -0.1) is 29.9 Å². The van der Waals surface area contributed by atoms with Crippen LogP contribution in [0.5, 0.6) is 0 Å². The lowest BCUT2D eigenvalue weighted by Crippen LogP contribution is -1.95. The summed E-state index contributed by atoms with van der Waals surface area (Å²) in [5.74, 6) is 0.711. The van der Waals surface area contributed by atoms with Gasteiger partial charge in [-0.25, -0.2) is 0 Å². The number of nitro groups is 1. The number of thioether (sulfide) groups is 1. The first-order valence-corrected chi connectivity index (χ1v) is 5.69. The third kappa shape index (κ3) is 3.93. The average Bonchev–Trinajstić information content (AvgIpc) is 2.26. The summed E-state index contributed by atoms with van der Waals surface area (Å²) in [6.07, 6.45) is 1.67. The summed E-state index contributed by atoms with van der Waals surface area (Å²) in [6.45, 7) is 3.58. The van der Waals surface area contributed by atoms with Gasteiger partial charge in [0, 0.05) is 22.8 Å². The van der Waals surface area contributed by atoms with E-state index in [1.165, 1.54) is 12.1 Å². The van der Waals surface area contributed by atoms with Crippen LogP contribution in [0, 0.1) is 10.1 Å². The Balaban J connectivity index is 2.57. The van der Waals surface area contributed by atoms with Crippen LogP contribution in [0.2, 0.25) is 0 Å². The van der Waals surface area contributed by atoms with Crippen molar-refractivity contribution >= 4 is 29.1 Å². The number of halogens is 1. The minimum atomic E-state index is -0.414. The zero-order chi connectivity index (χ0) is 11.3. The summed E-state index contributed by atoms with van der Waals surface area (Å²) in [7, 11) is 0. The summed E-state index contributed by atoms with van der Waals surface area (Å²) in [5.41, 5.74) is 0.102. The molecule has 80 valence electrons. The molecular weight excluding hydrogens is 234 g/mol. The van der Waals surface area contributed by atoms with Gasteiger partial charge in [0.15, 0.2) is 0 Å². The van der Waals surface area contributed by atoms with Gasteiger partial charge in [-0.2, -0.15) is 0 Å². The Morgan fingerprint density at radius 2 is 2.13 bits per heavy atom. The molecule has 0 amide bonds. The first-order chi connectivity index (χ1) is 7.13. The highest BCUT2D eigenvalue weighted by molar-refractivity contribution is 7.99. The number of non-ortho nitro benzene ring substituents is 1. The van der Waals surface area contributed by atoms with Gasteiger partial charge in [-0.3, -0.25) is 10.1 Å². The molecule has 1 atom stereocenters. The van der Waals surface area contributed by atoms with E-state index in [0.717, 1.165) is 4.90 Å². The Labute approximate surface area is 97.3 Å². The molecule has 5 heteroatoms. The molecule has 1 aromatic carbocycles. The van der Waals surface area contributed by atoms with Crippen molar-refractivity contribution in [1.29, 1.82) is 0 Å². The second-order valence-corrected chi connectivity index (χ2v) is 4.47. The maximum absolute atomic E-state index is 10.4. The Kier molecular flexibility index (Phi) is 4.65. The van der Waals surface area contributed by atoms with Crippen molar-refractivity contribution < 1.29 is 4.92 Å². The van der Waals surface area contributed by atoms with E-state index >= 15 is 0 Å². The molecule has 0 aromatic heterocycles. The van der Waals surface area contributed by atoms with Crippen LogP contribution in [0.25, 0.3) is 0 Å². The van der Waals surface area contributed by atoms with Crippen molar-refractivity contribution in [2.45, 2.75) is 10.3 Å². The van der Waals surface area contributed by atoms with Gasteiger partial charge in [0.2, 0.25) is 0 Å². The van der Waals surface area contributed by atoms with E-state index in [-0.39, 0.29) is 11.1 Å². The molecule has 0 heterocycles. The Morgan fingerprint density at radius 3 is 2.60 bits per heavy atom. The third-order valence-corrected chi connectivity index (χ3v) is 3.36. The Morgan fingerprint density at radius 1 is 1.53 bits per heavy atom. The van der Waals surface area contributed by atoms with E-state index in [2.05, 4.69) is 6.58 Å². The number of nitrogens with zero attached hydrogens (tertiary/aromatic N) is 1. The highest BCUT2D eigenvalue weighted by Crippen LogP contribution is 2.23. The SMILES string of the molecule is C=CC(Cl)CSc1ccc([N+](=O)[O-])cc1. The molecule has 3 nitrogen and oxygen atoms in total. The highest BCUT2D eigenvalue weighted by Gasteiger charge is 2.05. The summed E-state index contributed by atoms with van der Waals surface area (Å²) in [4.78, 5) is 10.9. The molecule has 0 saturated carbocycles. The van der Waals surface area contributed by atoms with Gasteiger partial charge in [0.05, 0.1) is 10.3 Å². The molecule has 0 N–H and O–H groups in total. The molecule has 0 aliphatic rings. The van der Waals surface area contributed by atoms with E-state index in [4.69, 9.17) is 11.6 Å². The van der Waals surface area contributed by atoms with E-state index in [9.17, 15) is 10.1 Å². The first kappa shape index (κ1) is 12.1. The normalized spacial score (nSPS) is 12.1. The van der Waals surface area contributed by atoms with Crippen LogP contribution in [0.1, 0.15) is 0 Å². The monoisotopic (exact) mass is 243 g/mol. The molecule has 0 aliphatic heterocycles. The maximum atomic E-state index is 10.4. The molecule has 15 heavy (non-hydrogen) atoms. The number of hydrogen-bond donors (Lipinski definition) is 0. The van der Waals surface area contributed by atoms with E-state index < -0.39 is 4.92 Å². The van der Waals surface area contributed by atoms with E-state index in [0.29, 0.717) is 5.75 Å². The van der Waals surface area contributed by atoms with Gasteiger partial charge in [0.1, 0.15) is 0 Å². The van der Waals surface area contributed by atoms with Crippen LogP contribution in [0.15, 0.2) is 41.8 Å². The van der Waals surface area contributed by atoms with Crippen LogP contribution in [-0.2, 0) is 0 Å². The number of allylic oxidation sites excluding steroid dienone is 1. The van der Waals surface area contributed by atoms with Gasteiger partial charge < -0.3 is 0 Å². The van der Waals surface area contributed by atoms with E-state index in [1.54, 1.807) is 30.0 Å². The van der Waals surface area contributed by atoms with Crippen molar-refractivity contribution in [3.05, 3.63) is 47.0 Å². The van der Waals surface area contributed by atoms with Crippen molar-refractivity contribution in [2.75, 3.05) is 5.75 Å². The molecule has 0 aliphatic carbocycles. The minimum absolute atomic E-state index is 0.0785. The zero-order valence-electron chi connectivity index (χ0n) is 7.93. The van der Waals surface area contributed by atoms with Crippen molar-refractivity contribution in [1.82, 2.24) is 0 Å². The van der Waals surface area contributed by atoms with Crippen LogP contribution >= 0.6 is 23.4 Å². The standard InChI is InChI=1S/C10H10ClNO2S/c1-2-8(11)7-15-10-5-3-9(4-6-10)12(13)14/h2-6,8H,1,7H2. The van der Waals surface area contributed by atoms with Gasteiger partial charge >= 0.3 is 0 Å². The lowest BCUT2D eigenvalue weighted by Gasteiger charge is -2.03. The molecular formula is C10H10ClNO2S. The summed E-state index contributed by atoms with van der Waals surface area (Å²) >= 11 is 7.40. The molecule has 0 bridgehead atoms. The van der Waals surface area contributed by atoms with Gasteiger partial charge in [0.25, 0.3) is 5.69 Å². The first-order valence-electron chi connectivity index (χ1n) is 4.27. The third-order valence-electron chi connectivity index (χ3n) is 1.71. The number of hydrogen-bond acceptors (Lipinski definition) is 3. The topological polar surface area (TPSA) is 43.1 Å². The van der Waals surface area contributed by atoms with Crippen molar-refractivity contribution in [3.8, 4) is 0 Å². The quantitative estimate of drug-likeness (QED) is 0.261. The van der Waals surface area contributed by atoms with E-state index in [1.807, 2.05) is 0 Å². The average molecular weight is 244 g/mol. The second kappa shape index (κ2) is 5.78. The molecule has 0 radical (unpaired) electrons. The molecule has 1 aromatic rings. The predicted octanol–water partition coefficient (Wildman–Crippen LogP) is 3.48. The summed E-state index contributed by atoms with van der Waals surface area (Å²) in [5, 5.41) is 10.3. The molecule has 1 rings (SSSR count). The smallest absolute Gasteiger partial charge is 0.258 e. The zero-order valence-corrected chi connectivity index (χ0v) is 9.50. The second-order valence-electron chi connectivity index (χ2n) is 2.81. The molecule has 0 fully saturated rings. The van der Waals surface area contributed by atoms with Gasteiger partial charge in [-0.1, -0.05) is 6.08 Å². The highest BCUT2D eigenvalue weighted by atomic mass is 35.5. The minimum Gasteiger partial charge on any atom is -0.258 e. The van der Waals surface area contributed by atoms with Crippen LogP contribution in [0.4, 0.5) is 5.69 Å². The lowest BCUT2D eigenvalue weighted by molar-refractivity contribution is -0.384. The fourth-order valence-corrected chi connectivity index (χ4v) is 1.91. The summed E-state index contributed by atoms with van der Waals surface area (Å²) < 4.78 is 0. The molecule has 0 saturated heterocycles. The number of alkyl halides is 1. The van der Waals surface area contributed by atoms with Crippen molar-refractivity contribution in [3.63, 3.8) is 0 Å². The maximum Gasteiger partial charge on any atom is 0.269 e. The summed E-state index contributed by atoms with van der Waals surface area (Å²) in [6, 6.07) is 6.41. The Hall–Kier alpha value is -1.00. The Bertz CT molecular complexity index is 353. The fraction of sp³-hybridized carbons (Fsp3) is 0.200. The van der Waals surface area contributed by atoms with Crippen LogP contribution in [0.3, 0.4) is 0 Å². The van der Waals surface area contributed by atoms with Gasteiger partial charge in [-0.05, 0) is 12.1 Å². The molecule has 0 spiro atoms. The lowest BCUT2D eigenvalue weighted by atomic mass is 10.3. The predicted molar refractivity (Wildman–Crippen MR) is 63.7 cm³/mol. The van der Waals surface area contributed by atoms with Crippen molar-refractivity contribution in [2.24, 2.45) is 0 Å². The molecule has 1 unspecified atom stereocenters.